The van der Waals surface area contributed by atoms with Gasteiger partial charge in [0, 0.05) is 18.0 Å². The van der Waals surface area contributed by atoms with Crippen LogP contribution >= 0.6 is 11.8 Å². The Balaban J connectivity index is 1.76. The average molecular weight is 370 g/mol. The largest absolute Gasteiger partial charge is 0.416 e. The summed E-state index contributed by atoms with van der Waals surface area (Å²) >= 11 is 1.48. The molecule has 0 aromatic heterocycles. The van der Waals surface area contributed by atoms with Crippen molar-refractivity contribution in [3.63, 3.8) is 0 Å². The number of rotatable bonds is 2. The highest BCUT2D eigenvalue weighted by molar-refractivity contribution is 7.99. The summed E-state index contributed by atoms with van der Waals surface area (Å²) in [5.41, 5.74) is -0.126. The third kappa shape index (κ3) is 4.07. The van der Waals surface area contributed by atoms with Crippen molar-refractivity contribution in [2.45, 2.75) is 11.6 Å². The number of thioether (sulfide) groups is 1. The van der Waals surface area contributed by atoms with Gasteiger partial charge in [0.1, 0.15) is 11.2 Å². The predicted molar refractivity (Wildman–Crippen MR) is 88.8 cm³/mol. The lowest BCUT2D eigenvalue weighted by molar-refractivity contribution is -0.137. The van der Waals surface area contributed by atoms with Gasteiger partial charge < -0.3 is 10.2 Å². The van der Waals surface area contributed by atoms with Crippen molar-refractivity contribution in [1.82, 2.24) is 4.90 Å². The summed E-state index contributed by atoms with van der Waals surface area (Å²) in [7, 11) is 0. The molecule has 1 aliphatic heterocycles. The summed E-state index contributed by atoms with van der Waals surface area (Å²) in [6.45, 7) is 0.427. The van der Waals surface area contributed by atoms with Gasteiger partial charge in [0.05, 0.1) is 5.56 Å². The Morgan fingerprint density at radius 2 is 1.92 bits per heavy atom. The number of amides is 2. The summed E-state index contributed by atoms with van der Waals surface area (Å²) in [6.07, 6.45) is -4.48. The van der Waals surface area contributed by atoms with Gasteiger partial charge in [-0.05, 0) is 35.9 Å². The number of hydrogen-bond acceptors (Lipinski definition) is 2. The number of nitrogens with zero attached hydrogens (tertiary/aromatic N) is 1. The van der Waals surface area contributed by atoms with Crippen molar-refractivity contribution in [3.05, 3.63) is 65.5 Å². The van der Waals surface area contributed by atoms with Crippen LogP contribution in [0.1, 0.15) is 16.5 Å². The first-order valence-electron chi connectivity index (χ1n) is 7.46. The third-order valence-electron chi connectivity index (χ3n) is 3.73. The van der Waals surface area contributed by atoms with Crippen molar-refractivity contribution in [1.29, 1.82) is 0 Å². The van der Waals surface area contributed by atoms with Crippen LogP contribution < -0.4 is 5.32 Å². The summed E-state index contributed by atoms with van der Waals surface area (Å²) in [5.74, 6) is 0.264. The number of carbonyl (C=O) groups is 1. The number of halogens is 4. The molecule has 1 saturated heterocycles. The molecule has 2 aromatic rings. The average Bonchev–Trinajstić information content (AvgIpc) is 3.04. The van der Waals surface area contributed by atoms with Crippen LogP contribution in [0.15, 0.2) is 48.5 Å². The van der Waals surface area contributed by atoms with E-state index in [9.17, 15) is 22.4 Å². The van der Waals surface area contributed by atoms with E-state index in [-0.39, 0.29) is 11.1 Å². The monoisotopic (exact) mass is 370 g/mol. The smallest absolute Gasteiger partial charge is 0.308 e. The maximum Gasteiger partial charge on any atom is 0.416 e. The van der Waals surface area contributed by atoms with Crippen molar-refractivity contribution < 1.29 is 22.4 Å². The van der Waals surface area contributed by atoms with Gasteiger partial charge in [-0.15, -0.1) is 11.8 Å². The summed E-state index contributed by atoms with van der Waals surface area (Å²) in [6, 6.07) is 9.90. The molecular formula is C17H14F4N2OS. The van der Waals surface area contributed by atoms with Gasteiger partial charge in [-0.1, -0.05) is 18.2 Å². The summed E-state index contributed by atoms with van der Waals surface area (Å²) in [4.78, 5) is 14.0. The second-order valence-corrected chi connectivity index (χ2v) is 6.67. The zero-order valence-corrected chi connectivity index (χ0v) is 13.7. The van der Waals surface area contributed by atoms with Crippen LogP contribution in [0.4, 0.5) is 28.0 Å². The lowest BCUT2D eigenvalue weighted by Gasteiger charge is -2.24. The molecule has 25 heavy (non-hydrogen) atoms. The van der Waals surface area contributed by atoms with Crippen LogP contribution in [-0.2, 0) is 6.18 Å². The zero-order valence-electron chi connectivity index (χ0n) is 12.9. The van der Waals surface area contributed by atoms with E-state index < -0.39 is 23.6 Å². The summed E-state index contributed by atoms with van der Waals surface area (Å²) < 4.78 is 51.7. The minimum atomic E-state index is -4.48. The fraction of sp³-hybridized carbons (Fsp3) is 0.235. The van der Waals surface area contributed by atoms with E-state index in [2.05, 4.69) is 5.32 Å². The molecule has 0 unspecified atom stereocenters. The van der Waals surface area contributed by atoms with Crippen LogP contribution in [0, 0.1) is 5.82 Å². The van der Waals surface area contributed by atoms with Gasteiger partial charge in [-0.2, -0.15) is 13.2 Å². The Morgan fingerprint density at radius 1 is 1.16 bits per heavy atom. The molecule has 0 saturated carbocycles. The first kappa shape index (κ1) is 17.6. The second kappa shape index (κ2) is 6.95. The van der Waals surface area contributed by atoms with Crippen molar-refractivity contribution in [2.24, 2.45) is 0 Å². The number of anilines is 1. The van der Waals surface area contributed by atoms with Gasteiger partial charge in [-0.3, -0.25) is 0 Å². The Hall–Kier alpha value is -2.22. The number of benzene rings is 2. The van der Waals surface area contributed by atoms with E-state index in [1.54, 1.807) is 12.1 Å². The van der Waals surface area contributed by atoms with E-state index in [0.29, 0.717) is 17.9 Å². The first-order valence-corrected chi connectivity index (χ1v) is 8.51. The Labute approximate surface area is 146 Å². The van der Waals surface area contributed by atoms with E-state index in [1.165, 1.54) is 40.9 Å². The molecule has 0 bridgehead atoms. The number of hydrogen-bond donors (Lipinski definition) is 1. The molecule has 0 spiro atoms. The van der Waals surface area contributed by atoms with E-state index in [1.807, 2.05) is 0 Å². The third-order valence-corrected chi connectivity index (χ3v) is 4.99. The van der Waals surface area contributed by atoms with Crippen LogP contribution in [0.2, 0.25) is 0 Å². The normalized spacial score (nSPS) is 17.6. The Kier molecular flexibility index (Phi) is 4.89. The molecule has 3 rings (SSSR count). The predicted octanol–water partition coefficient (Wildman–Crippen LogP) is 5.12. The SMILES string of the molecule is O=C(Nc1cccc(C(F)(F)F)c1)N1CCS[C@@H]1c1cccc(F)c1. The molecule has 1 fully saturated rings. The lowest BCUT2D eigenvalue weighted by Crippen LogP contribution is -2.34. The molecule has 0 aliphatic carbocycles. The minimum absolute atomic E-state index is 0.0646. The lowest BCUT2D eigenvalue weighted by atomic mass is 10.2. The van der Waals surface area contributed by atoms with Gasteiger partial charge in [0.15, 0.2) is 0 Å². The molecule has 2 aromatic carbocycles. The molecule has 2 amide bonds. The van der Waals surface area contributed by atoms with Crippen LogP contribution in [0.5, 0.6) is 0 Å². The standard InChI is InChI=1S/C17H14F4N2OS/c18-13-5-1-3-11(9-13)15-23(7-8-25-15)16(24)22-14-6-2-4-12(10-14)17(19,20)21/h1-6,9-10,15H,7-8H2,(H,22,24)/t15-/m1/s1. The molecule has 1 N–H and O–H groups in total. The van der Waals surface area contributed by atoms with Crippen molar-refractivity contribution in [3.8, 4) is 0 Å². The maximum absolute atomic E-state index is 13.4. The minimum Gasteiger partial charge on any atom is -0.308 e. The van der Waals surface area contributed by atoms with Gasteiger partial charge >= 0.3 is 12.2 Å². The number of alkyl halides is 3. The molecule has 1 atom stereocenters. The van der Waals surface area contributed by atoms with E-state index in [4.69, 9.17) is 0 Å². The summed E-state index contributed by atoms with van der Waals surface area (Å²) in [5, 5.41) is 2.12. The molecule has 0 radical (unpaired) electrons. The molecular weight excluding hydrogens is 356 g/mol. The van der Waals surface area contributed by atoms with Crippen LogP contribution in [-0.4, -0.2) is 23.2 Å². The Morgan fingerprint density at radius 3 is 2.64 bits per heavy atom. The highest BCUT2D eigenvalue weighted by Gasteiger charge is 2.32. The number of nitrogens with one attached hydrogen (secondary N) is 1. The fourth-order valence-electron chi connectivity index (χ4n) is 2.58. The van der Waals surface area contributed by atoms with Crippen molar-refractivity contribution >= 4 is 23.5 Å². The first-order chi connectivity index (χ1) is 11.8. The molecule has 1 heterocycles. The quantitative estimate of drug-likeness (QED) is 0.744. The molecule has 8 heteroatoms. The number of carbonyl (C=O) groups excluding carboxylic acids is 1. The zero-order chi connectivity index (χ0) is 18.0. The molecule has 132 valence electrons. The topological polar surface area (TPSA) is 32.3 Å². The molecule has 1 aliphatic rings. The highest BCUT2D eigenvalue weighted by Crippen LogP contribution is 2.38. The van der Waals surface area contributed by atoms with Gasteiger partial charge in [0.2, 0.25) is 0 Å². The maximum atomic E-state index is 13.4. The van der Waals surface area contributed by atoms with E-state index in [0.717, 1.165) is 12.1 Å². The van der Waals surface area contributed by atoms with Crippen molar-refractivity contribution in [2.75, 3.05) is 17.6 Å². The molecule has 3 nitrogen and oxygen atoms in total. The number of urea groups is 1. The van der Waals surface area contributed by atoms with Gasteiger partial charge in [-0.25, -0.2) is 9.18 Å². The Bertz CT molecular complexity index is 781. The van der Waals surface area contributed by atoms with E-state index >= 15 is 0 Å². The second-order valence-electron chi connectivity index (χ2n) is 5.48. The van der Waals surface area contributed by atoms with Crippen LogP contribution in [0.3, 0.4) is 0 Å². The fourth-order valence-corrected chi connectivity index (χ4v) is 3.83. The highest BCUT2D eigenvalue weighted by atomic mass is 32.2. The van der Waals surface area contributed by atoms with Gasteiger partial charge in [0.25, 0.3) is 0 Å². The van der Waals surface area contributed by atoms with Crippen LogP contribution in [0.25, 0.3) is 0 Å².